The van der Waals surface area contributed by atoms with Crippen molar-refractivity contribution in [3.63, 3.8) is 0 Å². The van der Waals surface area contributed by atoms with E-state index < -0.39 is 17.3 Å². The van der Waals surface area contributed by atoms with Crippen LogP contribution in [0.2, 0.25) is 0 Å². The molecule has 3 nitrogen and oxygen atoms in total. The van der Waals surface area contributed by atoms with Gasteiger partial charge < -0.3 is 10.1 Å². The van der Waals surface area contributed by atoms with Crippen LogP contribution < -0.4 is 5.32 Å². The van der Waals surface area contributed by atoms with Crippen molar-refractivity contribution in [1.29, 1.82) is 0 Å². The molecule has 2 aliphatic heterocycles. The first-order chi connectivity index (χ1) is 6.93. The van der Waals surface area contributed by atoms with Gasteiger partial charge in [0.1, 0.15) is 0 Å². The fourth-order valence-corrected chi connectivity index (χ4v) is 2.37. The molecular weight excluding hydrogens is 211 g/mol. The van der Waals surface area contributed by atoms with Crippen molar-refractivity contribution < 1.29 is 22.7 Å². The summed E-state index contributed by atoms with van der Waals surface area (Å²) in [5, 5.41) is 2.58. The molecule has 2 heterocycles. The molecule has 0 aromatic rings. The lowest BCUT2D eigenvalue weighted by Crippen LogP contribution is -2.65. The van der Waals surface area contributed by atoms with E-state index in [1.807, 2.05) is 0 Å². The van der Waals surface area contributed by atoms with Crippen LogP contribution in [0.15, 0.2) is 0 Å². The van der Waals surface area contributed by atoms with Crippen LogP contribution in [0.3, 0.4) is 0 Å². The summed E-state index contributed by atoms with van der Waals surface area (Å²) in [6.07, 6.45) is -3.21. The van der Waals surface area contributed by atoms with Crippen molar-refractivity contribution >= 4 is 6.41 Å². The second-order valence-electron chi connectivity index (χ2n) is 4.32. The van der Waals surface area contributed by atoms with E-state index >= 15 is 0 Å². The number of ether oxygens (including phenoxy) is 1. The zero-order valence-corrected chi connectivity index (χ0v) is 8.06. The Balaban J connectivity index is 2.14. The normalized spacial score (nSPS) is 40.2. The van der Waals surface area contributed by atoms with Gasteiger partial charge in [0.25, 0.3) is 0 Å². The molecule has 1 amide bonds. The van der Waals surface area contributed by atoms with Crippen LogP contribution in [0.1, 0.15) is 25.7 Å². The van der Waals surface area contributed by atoms with Gasteiger partial charge in [-0.2, -0.15) is 13.2 Å². The van der Waals surface area contributed by atoms with Crippen LogP contribution in [0, 0.1) is 0 Å². The van der Waals surface area contributed by atoms with Crippen molar-refractivity contribution in [2.45, 2.75) is 43.0 Å². The van der Waals surface area contributed by atoms with Gasteiger partial charge in [-0.05, 0) is 25.7 Å². The molecule has 0 unspecified atom stereocenters. The van der Waals surface area contributed by atoms with Gasteiger partial charge in [0.15, 0.2) is 5.60 Å². The summed E-state index contributed by atoms with van der Waals surface area (Å²) >= 11 is 0. The van der Waals surface area contributed by atoms with E-state index in [1.54, 1.807) is 0 Å². The quantitative estimate of drug-likeness (QED) is 0.718. The summed E-state index contributed by atoms with van der Waals surface area (Å²) in [5.41, 5.74) is -2.52. The predicted molar refractivity (Wildman–Crippen MR) is 45.1 cm³/mol. The molecule has 3 rings (SSSR count). The topological polar surface area (TPSA) is 38.3 Å². The number of amides is 1. The third-order valence-electron chi connectivity index (χ3n) is 3.52. The monoisotopic (exact) mass is 223 g/mol. The van der Waals surface area contributed by atoms with Crippen molar-refractivity contribution in [3.05, 3.63) is 0 Å². The standard InChI is InChI=1S/C9H12F3NO2/c10-9(11,12)8-3-1-7(2-4-8,5-15-8)13-6-14/h6H,1-5H2,(H,13,14). The molecule has 0 aromatic heterocycles. The fraction of sp³-hybridized carbons (Fsp3) is 0.889. The number of halogens is 3. The summed E-state index contributed by atoms with van der Waals surface area (Å²) in [5.74, 6) is 0. The lowest BCUT2D eigenvalue weighted by Gasteiger charge is -2.52. The van der Waals surface area contributed by atoms with E-state index in [1.165, 1.54) is 0 Å². The first kappa shape index (κ1) is 10.7. The molecule has 6 heteroatoms. The molecule has 1 aliphatic carbocycles. The lowest BCUT2D eigenvalue weighted by atomic mass is 9.71. The zero-order valence-electron chi connectivity index (χ0n) is 8.06. The van der Waals surface area contributed by atoms with E-state index in [-0.39, 0.29) is 19.4 Å². The average Bonchev–Trinajstić information content (AvgIpc) is 2.19. The van der Waals surface area contributed by atoms with Crippen molar-refractivity contribution in [3.8, 4) is 0 Å². The van der Waals surface area contributed by atoms with E-state index in [2.05, 4.69) is 5.32 Å². The fourth-order valence-electron chi connectivity index (χ4n) is 2.37. The first-order valence-electron chi connectivity index (χ1n) is 4.85. The molecule has 0 radical (unpaired) electrons. The molecule has 3 aliphatic rings. The Morgan fingerprint density at radius 1 is 1.20 bits per heavy atom. The summed E-state index contributed by atoms with van der Waals surface area (Å²) in [4.78, 5) is 10.3. The molecule has 0 aromatic carbocycles. The molecule has 2 bridgehead atoms. The van der Waals surface area contributed by atoms with E-state index in [0.29, 0.717) is 19.3 Å². The van der Waals surface area contributed by atoms with Gasteiger partial charge in [-0.1, -0.05) is 0 Å². The predicted octanol–water partition coefficient (Wildman–Crippen LogP) is 1.38. The molecule has 1 saturated carbocycles. The molecule has 1 N–H and O–H groups in total. The van der Waals surface area contributed by atoms with Crippen molar-refractivity contribution in [2.24, 2.45) is 0 Å². The van der Waals surface area contributed by atoms with E-state index in [9.17, 15) is 18.0 Å². The molecule has 0 spiro atoms. The van der Waals surface area contributed by atoms with Gasteiger partial charge in [-0.15, -0.1) is 0 Å². The Labute approximate surface area is 85.0 Å². The van der Waals surface area contributed by atoms with Crippen molar-refractivity contribution in [1.82, 2.24) is 5.32 Å². The Hall–Kier alpha value is -0.780. The van der Waals surface area contributed by atoms with Gasteiger partial charge in [-0.3, -0.25) is 4.79 Å². The largest absolute Gasteiger partial charge is 0.417 e. The summed E-state index contributed by atoms with van der Waals surface area (Å²) in [6, 6.07) is 0. The average molecular weight is 223 g/mol. The number of alkyl halides is 3. The molecular formula is C9H12F3NO2. The van der Waals surface area contributed by atoms with Crippen LogP contribution in [-0.2, 0) is 9.53 Å². The summed E-state index contributed by atoms with van der Waals surface area (Å²) < 4.78 is 43.1. The number of hydrogen-bond acceptors (Lipinski definition) is 2. The van der Waals surface area contributed by atoms with Crippen LogP contribution in [-0.4, -0.2) is 30.3 Å². The maximum Gasteiger partial charge on any atom is 0.417 e. The highest BCUT2D eigenvalue weighted by atomic mass is 19.4. The minimum absolute atomic E-state index is 0.0365. The lowest BCUT2D eigenvalue weighted by molar-refractivity contribution is -0.317. The van der Waals surface area contributed by atoms with Crippen LogP contribution in [0.4, 0.5) is 13.2 Å². The van der Waals surface area contributed by atoms with Crippen LogP contribution >= 0.6 is 0 Å². The van der Waals surface area contributed by atoms with Gasteiger partial charge >= 0.3 is 6.18 Å². The Morgan fingerprint density at radius 2 is 1.80 bits per heavy atom. The summed E-state index contributed by atoms with van der Waals surface area (Å²) in [7, 11) is 0. The number of rotatable bonds is 2. The number of fused-ring (bicyclic) bond motifs is 3. The smallest absolute Gasteiger partial charge is 0.363 e. The first-order valence-corrected chi connectivity index (χ1v) is 4.85. The maximum absolute atomic E-state index is 12.7. The molecule has 0 atom stereocenters. The van der Waals surface area contributed by atoms with Gasteiger partial charge in [0, 0.05) is 0 Å². The highest BCUT2D eigenvalue weighted by Crippen LogP contribution is 2.51. The third kappa shape index (κ3) is 1.51. The molecule has 3 fully saturated rings. The van der Waals surface area contributed by atoms with Gasteiger partial charge in [-0.25, -0.2) is 0 Å². The minimum atomic E-state index is -4.30. The second-order valence-corrected chi connectivity index (χ2v) is 4.32. The zero-order chi connectivity index (χ0) is 11.2. The molecule has 2 saturated heterocycles. The van der Waals surface area contributed by atoms with E-state index in [0.717, 1.165) is 0 Å². The Bertz CT molecular complexity index is 252. The van der Waals surface area contributed by atoms with Crippen molar-refractivity contribution in [2.75, 3.05) is 6.61 Å². The van der Waals surface area contributed by atoms with Crippen LogP contribution in [0.25, 0.3) is 0 Å². The van der Waals surface area contributed by atoms with Crippen LogP contribution in [0.5, 0.6) is 0 Å². The SMILES string of the molecule is O=CNC12CCC(C(F)(F)F)(CC1)OC2. The number of carbonyl (C=O) groups is 1. The molecule has 86 valence electrons. The third-order valence-corrected chi connectivity index (χ3v) is 3.52. The second kappa shape index (κ2) is 3.10. The summed E-state index contributed by atoms with van der Waals surface area (Å²) in [6.45, 7) is -0.0365. The highest BCUT2D eigenvalue weighted by Gasteiger charge is 2.63. The van der Waals surface area contributed by atoms with Gasteiger partial charge in [0.05, 0.1) is 12.1 Å². The maximum atomic E-state index is 12.7. The number of nitrogens with one attached hydrogen (secondary N) is 1. The minimum Gasteiger partial charge on any atom is -0.363 e. The highest BCUT2D eigenvalue weighted by molar-refractivity contribution is 5.48. The van der Waals surface area contributed by atoms with E-state index in [4.69, 9.17) is 4.74 Å². The Morgan fingerprint density at radius 3 is 2.13 bits per heavy atom. The number of carbonyl (C=O) groups excluding carboxylic acids is 1. The number of hydrogen-bond donors (Lipinski definition) is 1. The molecule has 15 heavy (non-hydrogen) atoms. The Kier molecular flexibility index (Phi) is 2.22. The van der Waals surface area contributed by atoms with Gasteiger partial charge in [0.2, 0.25) is 6.41 Å².